The lowest BCUT2D eigenvalue weighted by Gasteiger charge is -2.16. The van der Waals surface area contributed by atoms with Crippen LogP contribution in [0.4, 0.5) is 0 Å². The van der Waals surface area contributed by atoms with Crippen LogP contribution in [0.3, 0.4) is 0 Å². The van der Waals surface area contributed by atoms with Gasteiger partial charge in [-0.3, -0.25) is 0 Å². The first-order valence-electron chi connectivity index (χ1n) is 6.23. The molecule has 2 aromatic carbocycles. The number of phenolic OH excluding ortho intramolecular Hbond substituents is 1. The maximum Gasteiger partial charge on any atom is 0.115 e. The lowest BCUT2D eigenvalue weighted by molar-refractivity contribution is 0.474. The Morgan fingerprint density at radius 3 is 2.39 bits per heavy atom. The third-order valence-electron chi connectivity index (χ3n) is 3.20. The molecule has 18 heavy (non-hydrogen) atoms. The van der Waals surface area contributed by atoms with E-state index in [0.717, 1.165) is 6.54 Å². The molecule has 2 rings (SSSR count). The minimum atomic E-state index is 0.311. The van der Waals surface area contributed by atoms with Gasteiger partial charge in [0, 0.05) is 12.6 Å². The highest BCUT2D eigenvalue weighted by Crippen LogP contribution is 2.17. The summed E-state index contributed by atoms with van der Waals surface area (Å²) in [4.78, 5) is 0. The first kappa shape index (κ1) is 12.7. The molecule has 2 heteroatoms. The molecule has 0 spiro atoms. The molecule has 0 aromatic heterocycles. The molecule has 0 aliphatic rings. The number of aryl methyl sites for hydroxylation is 1. The highest BCUT2D eigenvalue weighted by Gasteiger charge is 2.06. The fourth-order valence-electron chi connectivity index (χ4n) is 2.07. The van der Waals surface area contributed by atoms with Crippen LogP contribution in [0.15, 0.2) is 48.5 Å². The first-order chi connectivity index (χ1) is 8.66. The Balaban J connectivity index is 1.98. The summed E-state index contributed by atoms with van der Waals surface area (Å²) in [5.41, 5.74) is 3.81. The van der Waals surface area contributed by atoms with Gasteiger partial charge in [-0.25, -0.2) is 0 Å². The number of phenols is 1. The van der Waals surface area contributed by atoms with Gasteiger partial charge in [0.15, 0.2) is 0 Å². The monoisotopic (exact) mass is 241 g/mol. The Morgan fingerprint density at radius 2 is 1.72 bits per heavy atom. The van der Waals surface area contributed by atoms with E-state index in [9.17, 15) is 5.11 Å². The van der Waals surface area contributed by atoms with Crippen LogP contribution in [0.5, 0.6) is 5.75 Å². The summed E-state index contributed by atoms with van der Waals surface area (Å²) in [7, 11) is 0. The van der Waals surface area contributed by atoms with Gasteiger partial charge in [-0.1, -0.05) is 36.4 Å². The zero-order chi connectivity index (χ0) is 13.0. The van der Waals surface area contributed by atoms with Crippen molar-refractivity contribution in [3.63, 3.8) is 0 Å². The second-order valence-electron chi connectivity index (χ2n) is 4.63. The summed E-state index contributed by atoms with van der Waals surface area (Å²) in [5, 5.41) is 12.7. The van der Waals surface area contributed by atoms with Crippen molar-refractivity contribution >= 4 is 0 Å². The number of hydrogen-bond acceptors (Lipinski definition) is 2. The van der Waals surface area contributed by atoms with E-state index < -0.39 is 0 Å². The molecule has 0 heterocycles. The molecule has 2 N–H and O–H groups in total. The van der Waals surface area contributed by atoms with Crippen LogP contribution < -0.4 is 5.32 Å². The van der Waals surface area contributed by atoms with Crippen LogP contribution >= 0.6 is 0 Å². The third kappa shape index (κ3) is 3.11. The number of aromatic hydroxyl groups is 1. The number of rotatable bonds is 4. The Hall–Kier alpha value is -1.80. The summed E-state index contributed by atoms with van der Waals surface area (Å²) in [6.45, 7) is 5.10. The predicted octanol–water partition coefficient (Wildman–Crippen LogP) is 3.55. The van der Waals surface area contributed by atoms with Crippen molar-refractivity contribution in [1.82, 2.24) is 5.32 Å². The van der Waals surface area contributed by atoms with Crippen molar-refractivity contribution in [2.45, 2.75) is 26.4 Å². The smallest absolute Gasteiger partial charge is 0.115 e. The molecule has 1 atom stereocenters. The Labute approximate surface area is 108 Å². The molecule has 2 nitrogen and oxygen atoms in total. The number of hydrogen-bond donors (Lipinski definition) is 2. The fraction of sp³-hybridized carbons (Fsp3) is 0.250. The molecular formula is C16H19NO. The van der Waals surface area contributed by atoms with E-state index in [0.29, 0.717) is 11.8 Å². The normalized spacial score (nSPS) is 12.3. The van der Waals surface area contributed by atoms with Crippen molar-refractivity contribution in [3.8, 4) is 5.75 Å². The quantitative estimate of drug-likeness (QED) is 0.858. The largest absolute Gasteiger partial charge is 0.508 e. The van der Waals surface area contributed by atoms with Crippen molar-refractivity contribution in [2.24, 2.45) is 0 Å². The van der Waals surface area contributed by atoms with Gasteiger partial charge in [-0.15, -0.1) is 0 Å². The summed E-state index contributed by atoms with van der Waals surface area (Å²) in [6.07, 6.45) is 0. The minimum absolute atomic E-state index is 0.311. The summed E-state index contributed by atoms with van der Waals surface area (Å²) in [6, 6.07) is 16.1. The maximum atomic E-state index is 9.23. The van der Waals surface area contributed by atoms with Crippen LogP contribution in [0.1, 0.15) is 29.7 Å². The molecule has 2 aromatic rings. The van der Waals surface area contributed by atoms with E-state index in [1.165, 1.54) is 16.7 Å². The molecule has 0 saturated heterocycles. The highest BCUT2D eigenvalue weighted by atomic mass is 16.3. The van der Waals surface area contributed by atoms with Gasteiger partial charge in [0.05, 0.1) is 0 Å². The van der Waals surface area contributed by atoms with Crippen LogP contribution in [0.25, 0.3) is 0 Å². The second-order valence-corrected chi connectivity index (χ2v) is 4.63. The molecule has 94 valence electrons. The zero-order valence-corrected chi connectivity index (χ0v) is 10.9. The molecule has 0 saturated carbocycles. The van der Waals surface area contributed by atoms with E-state index in [1.807, 2.05) is 12.1 Å². The molecule has 0 amide bonds. The van der Waals surface area contributed by atoms with Gasteiger partial charge in [-0.2, -0.15) is 0 Å². The molecule has 0 aliphatic carbocycles. The summed E-state index contributed by atoms with van der Waals surface area (Å²) < 4.78 is 0. The van der Waals surface area contributed by atoms with Crippen molar-refractivity contribution in [3.05, 3.63) is 65.2 Å². The number of benzene rings is 2. The van der Waals surface area contributed by atoms with E-state index in [-0.39, 0.29) is 0 Å². The molecule has 0 radical (unpaired) electrons. The molecule has 0 bridgehead atoms. The average molecular weight is 241 g/mol. The highest BCUT2D eigenvalue weighted by molar-refractivity contribution is 5.29. The third-order valence-corrected chi connectivity index (χ3v) is 3.20. The molecule has 0 fully saturated rings. The minimum Gasteiger partial charge on any atom is -0.508 e. The van der Waals surface area contributed by atoms with Gasteiger partial charge in [0.2, 0.25) is 0 Å². The van der Waals surface area contributed by atoms with Gasteiger partial charge in [-0.05, 0) is 42.7 Å². The van der Waals surface area contributed by atoms with Gasteiger partial charge >= 0.3 is 0 Å². The fourth-order valence-corrected chi connectivity index (χ4v) is 2.07. The van der Waals surface area contributed by atoms with Crippen LogP contribution in [-0.4, -0.2) is 5.11 Å². The maximum absolute atomic E-state index is 9.23. The van der Waals surface area contributed by atoms with Crippen LogP contribution in [-0.2, 0) is 6.54 Å². The SMILES string of the molecule is Cc1ccccc1[C@@H](C)NCc1ccc(O)cc1. The van der Waals surface area contributed by atoms with Gasteiger partial charge in [0.25, 0.3) is 0 Å². The Kier molecular flexibility index (Phi) is 4.00. The lowest BCUT2D eigenvalue weighted by Crippen LogP contribution is -2.18. The molecular weight excluding hydrogens is 222 g/mol. The standard InChI is InChI=1S/C16H19NO/c1-12-5-3-4-6-16(12)13(2)17-11-14-7-9-15(18)10-8-14/h3-10,13,17-18H,11H2,1-2H3/t13-/m1/s1. The number of nitrogens with one attached hydrogen (secondary N) is 1. The summed E-state index contributed by atoms with van der Waals surface area (Å²) >= 11 is 0. The Morgan fingerprint density at radius 1 is 1.06 bits per heavy atom. The topological polar surface area (TPSA) is 32.3 Å². The van der Waals surface area contributed by atoms with Crippen molar-refractivity contribution in [2.75, 3.05) is 0 Å². The Bertz CT molecular complexity index is 505. The van der Waals surface area contributed by atoms with E-state index in [2.05, 4.69) is 43.4 Å². The summed E-state index contributed by atoms with van der Waals surface area (Å²) in [5.74, 6) is 0.311. The zero-order valence-electron chi connectivity index (χ0n) is 10.9. The van der Waals surface area contributed by atoms with Crippen molar-refractivity contribution in [1.29, 1.82) is 0 Å². The van der Waals surface area contributed by atoms with Crippen molar-refractivity contribution < 1.29 is 5.11 Å². The predicted molar refractivity (Wildman–Crippen MR) is 74.5 cm³/mol. The van der Waals surface area contributed by atoms with Crippen LogP contribution in [0.2, 0.25) is 0 Å². The average Bonchev–Trinajstić information content (AvgIpc) is 2.38. The first-order valence-corrected chi connectivity index (χ1v) is 6.23. The van der Waals surface area contributed by atoms with Gasteiger partial charge in [0.1, 0.15) is 5.75 Å². The molecule has 0 unspecified atom stereocenters. The molecule has 0 aliphatic heterocycles. The van der Waals surface area contributed by atoms with Gasteiger partial charge < -0.3 is 10.4 Å². The van der Waals surface area contributed by atoms with E-state index in [1.54, 1.807) is 12.1 Å². The second kappa shape index (κ2) is 5.69. The van der Waals surface area contributed by atoms with Crippen LogP contribution in [0, 0.1) is 6.92 Å². The van der Waals surface area contributed by atoms with E-state index in [4.69, 9.17) is 0 Å². The van der Waals surface area contributed by atoms with E-state index >= 15 is 0 Å². The lowest BCUT2D eigenvalue weighted by atomic mass is 10.0.